The molecule has 1 aliphatic heterocycles. The molecule has 1 fully saturated rings. The number of likely N-dealkylation sites (tertiary alicyclic amines) is 1. The van der Waals surface area contributed by atoms with Crippen molar-refractivity contribution < 1.29 is 13.9 Å². The van der Waals surface area contributed by atoms with Crippen LogP contribution < -0.4 is 5.32 Å². The minimum absolute atomic E-state index is 0. The molecule has 2 aromatic rings. The summed E-state index contributed by atoms with van der Waals surface area (Å²) in [5.74, 6) is 1.36. The zero-order valence-corrected chi connectivity index (χ0v) is 18.7. The molecule has 0 aromatic carbocycles. The Morgan fingerprint density at radius 1 is 1.48 bits per heavy atom. The molecule has 0 saturated carbocycles. The van der Waals surface area contributed by atoms with E-state index in [-0.39, 0.29) is 35.9 Å². The lowest BCUT2D eigenvalue weighted by atomic mass is 9.97. The van der Waals surface area contributed by atoms with Gasteiger partial charge in [0.15, 0.2) is 5.96 Å². The van der Waals surface area contributed by atoms with Gasteiger partial charge < -0.3 is 19.4 Å². The van der Waals surface area contributed by atoms with Crippen LogP contribution in [0.5, 0.6) is 0 Å². The van der Waals surface area contributed by atoms with Crippen molar-refractivity contribution in [2.75, 3.05) is 26.7 Å². The Morgan fingerprint density at radius 3 is 2.89 bits per heavy atom. The maximum absolute atomic E-state index is 11.9. The van der Waals surface area contributed by atoms with Crippen LogP contribution in [-0.2, 0) is 16.1 Å². The Morgan fingerprint density at radius 2 is 2.26 bits per heavy atom. The Labute approximate surface area is 180 Å². The van der Waals surface area contributed by atoms with Gasteiger partial charge in [-0.3, -0.25) is 9.79 Å². The Hall–Kier alpha value is -1.62. The van der Waals surface area contributed by atoms with Crippen LogP contribution in [-0.4, -0.2) is 48.6 Å². The van der Waals surface area contributed by atoms with E-state index in [1.165, 1.54) is 0 Å². The van der Waals surface area contributed by atoms with Crippen LogP contribution in [0.15, 0.2) is 33.2 Å². The molecule has 0 aliphatic carbocycles. The van der Waals surface area contributed by atoms with Gasteiger partial charge in [0.1, 0.15) is 6.26 Å². The average Bonchev–Trinajstić information content (AvgIpc) is 3.34. The lowest BCUT2D eigenvalue weighted by Gasteiger charge is -2.33. The second kappa shape index (κ2) is 10.6. The molecule has 148 valence electrons. The zero-order valence-electron chi connectivity index (χ0n) is 15.5. The van der Waals surface area contributed by atoms with E-state index < -0.39 is 0 Å². The first kappa shape index (κ1) is 21.7. The third-order valence-electron chi connectivity index (χ3n) is 4.34. The summed E-state index contributed by atoms with van der Waals surface area (Å²) < 4.78 is 10.7. The largest absolute Gasteiger partial charge is 0.466 e. The van der Waals surface area contributed by atoms with Crippen LogP contribution in [0.25, 0.3) is 10.8 Å². The van der Waals surface area contributed by atoms with E-state index in [1.807, 2.05) is 24.4 Å². The summed E-state index contributed by atoms with van der Waals surface area (Å²) >= 11 is 1.60. The molecule has 9 heteroatoms. The molecule has 1 aliphatic rings. The molecular formula is C18H25IN4O3S. The summed E-state index contributed by atoms with van der Waals surface area (Å²) in [7, 11) is 1.76. The molecule has 0 atom stereocenters. The van der Waals surface area contributed by atoms with E-state index in [9.17, 15) is 4.79 Å². The molecule has 0 unspecified atom stereocenters. The third-order valence-corrected chi connectivity index (χ3v) is 5.20. The molecule has 7 nitrogen and oxygen atoms in total. The summed E-state index contributed by atoms with van der Waals surface area (Å²) in [6, 6.07) is 3.96. The molecule has 0 amide bonds. The van der Waals surface area contributed by atoms with E-state index in [0.29, 0.717) is 19.0 Å². The molecular weight excluding hydrogens is 479 g/mol. The van der Waals surface area contributed by atoms with Crippen LogP contribution in [0.2, 0.25) is 0 Å². The van der Waals surface area contributed by atoms with Gasteiger partial charge in [0, 0.05) is 20.1 Å². The van der Waals surface area contributed by atoms with Crippen molar-refractivity contribution in [3.05, 3.63) is 29.5 Å². The monoisotopic (exact) mass is 504 g/mol. The molecule has 1 N–H and O–H groups in total. The minimum atomic E-state index is -0.0844. The number of aromatic nitrogens is 1. The predicted molar refractivity (Wildman–Crippen MR) is 116 cm³/mol. The van der Waals surface area contributed by atoms with E-state index in [1.54, 1.807) is 24.6 Å². The van der Waals surface area contributed by atoms with Crippen molar-refractivity contribution in [1.82, 2.24) is 15.2 Å². The number of carbonyl (C=O) groups excluding carboxylic acids is 1. The van der Waals surface area contributed by atoms with Crippen molar-refractivity contribution in [2.45, 2.75) is 26.3 Å². The molecule has 0 radical (unpaired) electrons. The summed E-state index contributed by atoms with van der Waals surface area (Å²) in [4.78, 5) is 23.9. The number of oxazole rings is 1. The fourth-order valence-corrected chi connectivity index (χ4v) is 3.65. The van der Waals surface area contributed by atoms with Crippen molar-refractivity contribution >= 4 is 47.2 Å². The van der Waals surface area contributed by atoms with Crippen molar-refractivity contribution in [3.63, 3.8) is 0 Å². The normalized spacial score (nSPS) is 15.3. The van der Waals surface area contributed by atoms with Gasteiger partial charge in [-0.25, -0.2) is 4.98 Å². The third kappa shape index (κ3) is 5.68. The van der Waals surface area contributed by atoms with Gasteiger partial charge in [-0.05, 0) is 31.2 Å². The quantitative estimate of drug-likeness (QED) is 0.291. The van der Waals surface area contributed by atoms with Gasteiger partial charge in [0.2, 0.25) is 5.89 Å². The van der Waals surface area contributed by atoms with Crippen LogP contribution in [0, 0.1) is 5.92 Å². The molecule has 0 bridgehead atoms. The van der Waals surface area contributed by atoms with Crippen molar-refractivity contribution in [2.24, 2.45) is 10.9 Å². The first-order valence-electron chi connectivity index (χ1n) is 8.81. The van der Waals surface area contributed by atoms with Crippen LogP contribution in [0.1, 0.15) is 25.5 Å². The topological polar surface area (TPSA) is 80.0 Å². The molecule has 2 aromatic heterocycles. The smallest absolute Gasteiger partial charge is 0.309 e. The highest BCUT2D eigenvalue weighted by Crippen LogP contribution is 2.23. The predicted octanol–water partition coefficient (Wildman–Crippen LogP) is 3.37. The number of guanidine groups is 1. The van der Waals surface area contributed by atoms with Crippen LogP contribution in [0.3, 0.4) is 0 Å². The number of nitrogens with one attached hydrogen (secondary N) is 1. The van der Waals surface area contributed by atoms with E-state index in [2.05, 4.69) is 20.2 Å². The number of halogens is 1. The summed E-state index contributed by atoms with van der Waals surface area (Å²) in [5, 5.41) is 5.32. The standard InChI is InChI=1S/C18H24N4O3S.HI/c1-3-24-17(23)13-6-8-22(9-7-13)18(19-2)20-11-14-12-25-16(21-14)15-5-4-10-26-15;/h4-5,10,12-13H,3,6-9,11H2,1-2H3,(H,19,20);1H. The fourth-order valence-electron chi connectivity index (χ4n) is 2.99. The number of hydrogen-bond donors (Lipinski definition) is 1. The van der Waals surface area contributed by atoms with E-state index in [4.69, 9.17) is 9.15 Å². The van der Waals surface area contributed by atoms with Gasteiger partial charge in [0.05, 0.1) is 29.6 Å². The SMILES string of the molecule is CCOC(=O)C1CCN(C(=NC)NCc2coc(-c3cccs3)n2)CC1.I. The zero-order chi connectivity index (χ0) is 18.4. The highest BCUT2D eigenvalue weighted by Gasteiger charge is 2.27. The first-order chi connectivity index (χ1) is 12.7. The number of nitrogens with zero attached hydrogens (tertiary/aromatic N) is 3. The summed E-state index contributed by atoms with van der Waals surface area (Å²) in [6.07, 6.45) is 3.24. The highest BCUT2D eigenvalue weighted by atomic mass is 127. The lowest BCUT2D eigenvalue weighted by molar-refractivity contribution is -0.149. The molecule has 1 saturated heterocycles. The summed E-state index contributed by atoms with van der Waals surface area (Å²) in [6.45, 7) is 4.38. The number of ether oxygens (including phenoxy) is 1. The maximum Gasteiger partial charge on any atom is 0.309 e. The summed E-state index contributed by atoms with van der Waals surface area (Å²) in [5.41, 5.74) is 0.830. The molecule has 3 rings (SSSR count). The van der Waals surface area contributed by atoms with Gasteiger partial charge in [-0.2, -0.15) is 0 Å². The molecule has 27 heavy (non-hydrogen) atoms. The highest BCUT2D eigenvalue weighted by molar-refractivity contribution is 14.0. The van der Waals surface area contributed by atoms with Crippen LogP contribution in [0.4, 0.5) is 0 Å². The number of rotatable bonds is 5. The molecule has 3 heterocycles. The Bertz CT molecular complexity index is 740. The van der Waals surface area contributed by atoms with Gasteiger partial charge in [-0.1, -0.05) is 6.07 Å². The second-order valence-electron chi connectivity index (χ2n) is 6.04. The van der Waals surface area contributed by atoms with E-state index in [0.717, 1.165) is 42.5 Å². The second-order valence-corrected chi connectivity index (χ2v) is 6.98. The number of piperidine rings is 1. The van der Waals surface area contributed by atoms with Gasteiger partial charge in [-0.15, -0.1) is 35.3 Å². The lowest BCUT2D eigenvalue weighted by Crippen LogP contribution is -2.46. The van der Waals surface area contributed by atoms with Crippen LogP contribution >= 0.6 is 35.3 Å². The Balaban J connectivity index is 0.00000261. The average molecular weight is 504 g/mol. The van der Waals surface area contributed by atoms with Gasteiger partial charge >= 0.3 is 5.97 Å². The number of esters is 1. The van der Waals surface area contributed by atoms with Crippen molar-refractivity contribution in [3.8, 4) is 10.8 Å². The van der Waals surface area contributed by atoms with Crippen molar-refractivity contribution in [1.29, 1.82) is 0 Å². The minimum Gasteiger partial charge on any atom is -0.466 e. The Kier molecular flexibility index (Phi) is 8.55. The van der Waals surface area contributed by atoms with Gasteiger partial charge in [0.25, 0.3) is 0 Å². The number of aliphatic imine (C=N–C) groups is 1. The molecule has 0 spiro atoms. The number of carbonyl (C=O) groups is 1. The maximum atomic E-state index is 11.9. The fraction of sp³-hybridized carbons (Fsp3) is 0.500. The first-order valence-corrected chi connectivity index (χ1v) is 9.69. The number of thiophene rings is 1. The van der Waals surface area contributed by atoms with E-state index >= 15 is 0 Å². The number of hydrogen-bond acceptors (Lipinski definition) is 6.